The molecule has 2 rings (SSSR count). The van der Waals surface area contributed by atoms with Crippen LogP contribution in [0.15, 0.2) is 24.3 Å². The van der Waals surface area contributed by atoms with Crippen LogP contribution in [-0.4, -0.2) is 42.8 Å². The predicted molar refractivity (Wildman–Crippen MR) is 66.5 cm³/mol. The monoisotopic (exact) mass is 288 g/mol. The highest BCUT2D eigenvalue weighted by molar-refractivity contribution is 5.94. The largest absolute Gasteiger partial charge is 0.573 e. The fourth-order valence-corrected chi connectivity index (χ4v) is 2.11. The van der Waals surface area contributed by atoms with Crippen LogP contribution >= 0.6 is 0 Å². The maximum atomic E-state index is 12.2. The molecule has 20 heavy (non-hydrogen) atoms. The Morgan fingerprint density at radius 3 is 2.55 bits per heavy atom. The van der Waals surface area contributed by atoms with Crippen molar-refractivity contribution >= 4 is 5.91 Å². The number of nitrogens with one attached hydrogen (secondary N) is 1. The van der Waals surface area contributed by atoms with Gasteiger partial charge in [-0.2, -0.15) is 0 Å². The number of carbonyl (C=O) groups is 1. The summed E-state index contributed by atoms with van der Waals surface area (Å²) in [5, 5.41) is 3.17. The van der Waals surface area contributed by atoms with Gasteiger partial charge in [0.05, 0.1) is 0 Å². The number of ether oxygens (including phenoxy) is 1. The topological polar surface area (TPSA) is 41.6 Å². The molecule has 1 aromatic carbocycles. The molecule has 0 radical (unpaired) electrons. The Kier molecular flexibility index (Phi) is 4.17. The van der Waals surface area contributed by atoms with Crippen molar-refractivity contribution in [3.63, 3.8) is 0 Å². The Hall–Kier alpha value is -1.76. The van der Waals surface area contributed by atoms with Crippen molar-refractivity contribution in [1.82, 2.24) is 10.2 Å². The molecule has 4 nitrogen and oxygen atoms in total. The Morgan fingerprint density at radius 2 is 2.00 bits per heavy atom. The summed E-state index contributed by atoms with van der Waals surface area (Å²) >= 11 is 0. The first kappa shape index (κ1) is 14.6. The molecule has 0 unspecified atom stereocenters. The minimum absolute atomic E-state index is 0.0577. The normalized spacial score (nSPS) is 19.8. The number of nitrogens with zero attached hydrogens (tertiary/aromatic N) is 1. The van der Waals surface area contributed by atoms with E-state index in [0.29, 0.717) is 25.2 Å². The lowest BCUT2D eigenvalue weighted by Crippen LogP contribution is -2.52. The van der Waals surface area contributed by atoms with Gasteiger partial charge in [0, 0.05) is 31.2 Å². The summed E-state index contributed by atoms with van der Waals surface area (Å²) in [7, 11) is 0. The molecule has 0 aliphatic carbocycles. The molecule has 0 spiro atoms. The van der Waals surface area contributed by atoms with Crippen molar-refractivity contribution in [2.24, 2.45) is 0 Å². The molecule has 1 aliphatic rings. The van der Waals surface area contributed by atoms with Gasteiger partial charge in [-0.1, -0.05) is 0 Å². The number of rotatable bonds is 2. The third-order valence-electron chi connectivity index (χ3n) is 3.10. The molecule has 1 aliphatic heterocycles. The zero-order valence-corrected chi connectivity index (χ0v) is 10.9. The minimum Gasteiger partial charge on any atom is -0.406 e. The lowest BCUT2D eigenvalue weighted by Gasteiger charge is -2.34. The Labute approximate surface area is 114 Å². The number of hydrogen-bond donors (Lipinski definition) is 1. The van der Waals surface area contributed by atoms with Crippen LogP contribution in [0.5, 0.6) is 5.75 Å². The van der Waals surface area contributed by atoms with Crippen molar-refractivity contribution in [3.05, 3.63) is 29.8 Å². The molecule has 1 atom stereocenters. The summed E-state index contributed by atoms with van der Waals surface area (Å²) in [6.07, 6.45) is -4.72. The molecule has 0 saturated carbocycles. The summed E-state index contributed by atoms with van der Waals surface area (Å²) in [5.41, 5.74) is 0.355. The van der Waals surface area contributed by atoms with Gasteiger partial charge in [-0.3, -0.25) is 4.79 Å². The van der Waals surface area contributed by atoms with Crippen LogP contribution in [0.4, 0.5) is 13.2 Å². The van der Waals surface area contributed by atoms with Crippen LogP contribution < -0.4 is 10.1 Å². The molecule has 1 fully saturated rings. The first-order valence-corrected chi connectivity index (χ1v) is 6.24. The van der Waals surface area contributed by atoms with Crippen LogP contribution in [0, 0.1) is 0 Å². The number of alkyl halides is 3. The number of halogens is 3. The summed E-state index contributed by atoms with van der Waals surface area (Å²) in [5.74, 6) is -0.514. The third-order valence-corrected chi connectivity index (χ3v) is 3.10. The van der Waals surface area contributed by atoms with E-state index in [9.17, 15) is 18.0 Å². The van der Waals surface area contributed by atoms with Crippen LogP contribution in [-0.2, 0) is 0 Å². The van der Waals surface area contributed by atoms with Gasteiger partial charge in [0.2, 0.25) is 0 Å². The highest BCUT2D eigenvalue weighted by atomic mass is 19.4. The summed E-state index contributed by atoms with van der Waals surface area (Å²) in [6.45, 7) is 3.93. The van der Waals surface area contributed by atoms with Gasteiger partial charge in [0.25, 0.3) is 5.91 Å². The van der Waals surface area contributed by atoms with Gasteiger partial charge in [0.15, 0.2) is 0 Å². The lowest BCUT2D eigenvalue weighted by atomic mass is 10.1. The van der Waals surface area contributed by atoms with E-state index in [1.807, 2.05) is 6.92 Å². The molecule has 0 bridgehead atoms. The van der Waals surface area contributed by atoms with Gasteiger partial charge >= 0.3 is 6.36 Å². The second-order valence-electron chi connectivity index (χ2n) is 4.62. The summed E-state index contributed by atoms with van der Waals surface area (Å²) in [4.78, 5) is 13.9. The van der Waals surface area contributed by atoms with E-state index in [1.165, 1.54) is 12.1 Å². The first-order valence-electron chi connectivity index (χ1n) is 6.24. The summed E-state index contributed by atoms with van der Waals surface area (Å²) in [6, 6.07) is 5.04. The maximum absolute atomic E-state index is 12.2. The fourth-order valence-electron chi connectivity index (χ4n) is 2.11. The van der Waals surface area contributed by atoms with E-state index in [2.05, 4.69) is 10.1 Å². The number of hydrogen-bond acceptors (Lipinski definition) is 3. The van der Waals surface area contributed by atoms with Gasteiger partial charge in [-0.05, 0) is 31.2 Å². The molecule has 1 heterocycles. The molecular formula is C13H15F3N2O2. The van der Waals surface area contributed by atoms with Gasteiger partial charge in [-0.25, -0.2) is 0 Å². The number of piperazine rings is 1. The standard InChI is InChI=1S/C13H15F3N2O2/c1-9-8-17-6-7-18(9)12(19)10-2-4-11(5-3-10)20-13(14,15)16/h2-5,9,17H,6-8H2,1H3/t9-/m1/s1. The third kappa shape index (κ3) is 3.63. The minimum atomic E-state index is -4.72. The predicted octanol–water partition coefficient (Wildman–Crippen LogP) is 2.02. The molecule has 0 aromatic heterocycles. The highest BCUT2D eigenvalue weighted by Gasteiger charge is 2.31. The molecular weight excluding hydrogens is 273 g/mol. The van der Waals surface area contributed by atoms with Gasteiger partial charge < -0.3 is 15.0 Å². The molecule has 1 saturated heterocycles. The lowest BCUT2D eigenvalue weighted by molar-refractivity contribution is -0.274. The fraction of sp³-hybridized carbons (Fsp3) is 0.462. The smallest absolute Gasteiger partial charge is 0.406 e. The van der Waals surface area contributed by atoms with E-state index in [4.69, 9.17) is 0 Å². The SMILES string of the molecule is C[C@@H]1CNCCN1C(=O)c1ccc(OC(F)(F)F)cc1. The van der Waals surface area contributed by atoms with E-state index in [0.717, 1.165) is 12.1 Å². The van der Waals surface area contributed by atoms with E-state index in [-0.39, 0.29) is 17.7 Å². The van der Waals surface area contributed by atoms with Crippen molar-refractivity contribution < 1.29 is 22.7 Å². The first-order chi connectivity index (χ1) is 9.37. The van der Waals surface area contributed by atoms with Gasteiger partial charge in [0.1, 0.15) is 5.75 Å². The number of amides is 1. The van der Waals surface area contributed by atoms with Crippen LogP contribution in [0.2, 0.25) is 0 Å². The Balaban J connectivity index is 2.07. The molecule has 1 amide bonds. The molecule has 1 N–H and O–H groups in total. The van der Waals surface area contributed by atoms with E-state index < -0.39 is 6.36 Å². The average Bonchev–Trinajstić information content (AvgIpc) is 2.37. The summed E-state index contributed by atoms with van der Waals surface area (Å²) < 4.78 is 39.9. The zero-order valence-electron chi connectivity index (χ0n) is 10.9. The Morgan fingerprint density at radius 1 is 1.35 bits per heavy atom. The van der Waals surface area contributed by atoms with E-state index >= 15 is 0 Å². The quantitative estimate of drug-likeness (QED) is 0.905. The van der Waals surface area contributed by atoms with Crippen molar-refractivity contribution in [2.45, 2.75) is 19.3 Å². The zero-order chi connectivity index (χ0) is 14.8. The van der Waals surface area contributed by atoms with E-state index in [1.54, 1.807) is 4.90 Å². The second kappa shape index (κ2) is 5.70. The van der Waals surface area contributed by atoms with Crippen LogP contribution in [0.25, 0.3) is 0 Å². The van der Waals surface area contributed by atoms with Gasteiger partial charge in [-0.15, -0.1) is 13.2 Å². The van der Waals surface area contributed by atoms with Crippen molar-refractivity contribution in [1.29, 1.82) is 0 Å². The maximum Gasteiger partial charge on any atom is 0.573 e. The second-order valence-corrected chi connectivity index (χ2v) is 4.62. The van der Waals surface area contributed by atoms with Crippen LogP contribution in [0.1, 0.15) is 17.3 Å². The average molecular weight is 288 g/mol. The highest BCUT2D eigenvalue weighted by Crippen LogP contribution is 2.23. The molecule has 110 valence electrons. The number of carbonyl (C=O) groups excluding carboxylic acids is 1. The van der Waals surface area contributed by atoms with Crippen molar-refractivity contribution in [2.75, 3.05) is 19.6 Å². The van der Waals surface area contributed by atoms with Crippen LogP contribution in [0.3, 0.4) is 0 Å². The molecule has 1 aromatic rings. The number of benzene rings is 1. The molecule has 7 heteroatoms. The van der Waals surface area contributed by atoms with Crippen molar-refractivity contribution in [3.8, 4) is 5.75 Å². The Bertz CT molecular complexity index is 473.